The van der Waals surface area contributed by atoms with Crippen molar-refractivity contribution in [2.75, 3.05) is 5.75 Å². The van der Waals surface area contributed by atoms with Gasteiger partial charge in [0.1, 0.15) is 0 Å². The summed E-state index contributed by atoms with van der Waals surface area (Å²) in [5.41, 5.74) is -0.0913. The Bertz CT molecular complexity index is 493. The van der Waals surface area contributed by atoms with E-state index >= 15 is 0 Å². The van der Waals surface area contributed by atoms with Crippen molar-refractivity contribution in [3.05, 3.63) is 28.8 Å². The average molecular weight is 249 g/mol. The number of hydrogen-bond donors (Lipinski definition) is 1. The van der Waals surface area contributed by atoms with E-state index in [0.717, 1.165) is 6.07 Å². The molecular weight excluding hydrogens is 240 g/mol. The molecule has 0 saturated heterocycles. The largest absolute Gasteiger partial charge is 0.478 e. The van der Waals surface area contributed by atoms with Crippen LogP contribution >= 0.6 is 11.6 Å². The van der Waals surface area contributed by atoms with Crippen molar-refractivity contribution >= 4 is 27.4 Å². The van der Waals surface area contributed by atoms with Gasteiger partial charge in [-0.3, -0.25) is 0 Å². The highest BCUT2D eigenvalue weighted by atomic mass is 35.5. The van der Waals surface area contributed by atoms with Crippen LogP contribution in [0.25, 0.3) is 0 Å². The molecule has 0 aromatic heterocycles. The minimum atomic E-state index is -3.48. The van der Waals surface area contributed by atoms with Crippen LogP contribution in [0.1, 0.15) is 17.3 Å². The molecule has 0 aliphatic heterocycles. The SMILES string of the molecule is CCS(=O)(=O)c1cc(C(=O)O)ccc1Cl. The fraction of sp³-hybridized carbons (Fsp3) is 0.222. The standard InChI is InChI=1S/C9H9ClO4S/c1-2-15(13,14)8-5-6(9(11)12)3-4-7(8)10/h3-5H,2H2,1H3,(H,11,12). The lowest BCUT2D eigenvalue weighted by molar-refractivity contribution is 0.0696. The zero-order valence-corrected chi connectivity index (χ0v) is 9.47. The smallest absolute Gasteiger partial charge is 0.335 e. The lowest BCUT2D eigenvalue weighted by Crippen LogP contribution is -2.06. The molecule has 0 unspecified atom stereocenters. The summed E-state index contributed by atoms with van der Waals surface area (Å²) in [4.78, 5) is 10.5. The first-order valence-corrected chi connectivity index (χ1v) is 6.17. The zero-order chi connectivity index (χ0) is 11.6. The molecule has 0 fully saturated rings. The van der Waals surface area contributed by atoms with Gasteiger partial charge in [-0.05, 0) is 18.2 Å². The molecule has 1 aromatic carbocycles. The third-order valence-electron chi connectivity index (χ3n) is 1.89. The van der Waals surface area contributed by atoms with E-state index in [1.807, 2.05) is 0 Å². The molecule has 0 atom stereocenters. The molecule has 82 valence electrons. The minimum Gasteiger partial charge on any atom is -0.478 e. The van der Waals surface area contributed by atoms with E-state index < -0.39 is 15.8 Å². The molecule has 15 heavy (non-hydrogen) atoms. The van der Waals surface area contributed by atoms with Gasteiger partial charge in [-0.2, -0.15) is 0 Å². The van der Waals surface area contributed by atoms with Crippen LogP contribution in [0, 0.1) is 0 Å². The molecule has 0 saturated carbocycles. The monoisotopic (exact) mass is 248 g/mol. The maximum Gasteiger partial charge on any atom is 0.335 e. The van der Waals surface area contributed by atoms with Crippen LogP contribution in [0.3, 0.4) is 0 Å². The van der Waals surface area contributed by atoms with Gasteiger partial charge in [-0.1, -0.05) is 18.5 Å². The van der Waals surface area contributed by atoms with E-state index in [-0.39, 0.29) is 21.2 Å². The number of sulfone groups is 1. The second-order valence-corrected chi connectivity index (χ2v) is 5.51. The van der Waals surface area contributed by atoms with Gasteiger partial charge in [-0.25, -0.2) is 13.2 Å². The van der Waals surface area contributed by atoms with Crippen LogP contribution in [-0.2, 0) is 9.84 Å². The van der Waals surface area contributed by atoms with Gasteiger partial charge in [0.25, 0.3) is 0 Å². The molecular formula is C9H9ClO4S. The quantitative estimate of drug-likeness (QED) is 0.886. The number of benzene rings is 1. The highest BCUT2D eigenvalue weighted by Crippen LogP contribution is 2.23. The highest BCUT2D eigenvalue weighted by Gasteiger charge is 2.17. The Kier molecular flexibility index (Phi) is 3.36. The highest BCUT2D eigenvalue weighted by molar-refractivity contribution is 7.91. The molecule has 1 rings (SSSR count). The fourth-order valence-electron chi connectivity index (χ4n) is 1.03. The van der Waals surface area contributed by atoms with Gasteiger partial charge in [0.05, 0.1) is 21.2 Å². The summed E-state index contributed by atoms with van der Waals surface area (Å²) < 4.78 is 23.0. The Hall–Kier alpha value is -1.07. The van der Waals surface area contributed by atoms with Crippen LogP contribution in [0.15, 0.2) is 23.1 Å². The third-order valence-corrected chi connectivity index (χ3v) is 4.10. The maximum atomic E-state index is 11.5. The van der Waals surface area contributed by atoms with Crippen LogP contribution < -0.4 is 0 Å². The van der Waals surface area contributed by atoms with Crippen molar-refractivity contribution in [3.63, 3.8) is 0 Å². The van der Waals surface area contributed by atoms with E-state index in [1.165, 1.54) is 19.1 Å². The van der Waals surface area contributed by atoms with E-state index in [0.29, 0.717) is 0 Å². The van der Waals surface area contributed by atoms with Gasteiger partial charge in [0.2, 0.25) is 0 Å². The number of carbonyl (C=O) groups is 1. The van der Waals surface area contributed by atoms with E-state index in [9.17, 15) is 13.2 Å². The Morgan fingerprint density at radius 1 is 1.47 bits per heavy atom. The molecule has 1 N–H and O–H groups in total. The number of rotatable bonds is 3. The number of halogens is 1. The number of hydrogen-bond acceptors (Lipinski definition) is 3. The Balaban J connectivity index is 3.42. The summed E-state index contributed by atoms with van der Waals surface area (Å²) in [7, 11) is -3.48. The van der Waals surface area contributed by atoms with Gasteiger partial charge in [-0.15, -0.1) is 0 Å². The van der Waals surface area contributed by atoms with Gasteiger partial charge in [0, 0.05) is 0 Å². The molecule has 0 aliphatic rings. The summed E-state index contributed by atoms with van der Waals surface area (Å²) in [6.45, 7) is 1.47. The van der Waals surface area contributed by atoms with Crippen molar-refractivity contribution in [2.24, 2.45) is 0 Å². The zero-order valence-electron chi connectivity index (χ0n) is 7.90. The Morgan fingerprint density at radius 3 is 2.53 bits per heavy atom. The van der Waals surface area contributed by atoms with Gasteiger partial charge in [0.15, 0.2) is 9.84 Å². The number of carboxylic acids is 1. The molecule has 0 amide bonds. The van der Waals surface area contributed by atoms with Crippen LogP contribution in [0.2, 0.25) is 5.02 Å². The second kappa shape index (κ2) is 4.20. The van der Waals surface area contributed by atoms with Gasteiger partial charge < -0.3 is 5.11 Å². The number of carboxylic acid groups (broad SMARTS) is 1. The van der Waals surface area contributed by atoms with Crippen molar-refractivity contribution in [2.45, 2.75) is 11.8 Å². The van der Waals surface area contributed by atoms with Crippen LogP contribution in [0.5, 0.6) is 0 Å². The predicted molar refractivity (Wildman–Crippen MR) is 56.1 cm³/mol. The summed E-state index contributed by atoms with van der Waals surface area (Å²) in [5.74, 6) is -1.30. The molecule has 0 heterocycles. The molecule has 4 nitrogen and oxygen atoms in total. The first kappa shape index (κ1) is 12.0. The van der Waals surface area contributed by atoms with Crippen molar-refractivity contribution in [1.82, 2.24) is 0 Å². The molecule has 0 radical (unpaired) electrons. The Morgan fingerprint density at radius 2 is 2.07 bits per heavy atom. The minimum absolute atomic E-state index is 0.0434. The maximum absolute atomic E-state index is 11.5. The predicted octanol–water partition coefficient (Wildman–Crippen LogP) is 1.83. The molecule has 1 aromatic rings. The Labute approximate surface area is 92.4 Å². The third kappa shape index (κ3) is 2.49. The number of aromatic carboxylic acids is 1. The van der Waals surface area contributed by atoms with Crippen molar-refractivity contribution in [3.8, 4) is 0 Å². The molecule has 6 heteroatoms. The van der Waals surface area contributed by atoms with E-state index in [1.54, 1.807) is 0 Å². The molecule has 0 spiro atoms. The molecule has 0 bridgehead atoms. The summed E-state index contributed by atoms with van der Waals surface area (Å²) in [6, 6.07) is 3.61. The van der Waals surface area contributed by atoms with Crippen LogP contribution in [0.4, 0.5) is 0 Å². The first-order valence-electron chi connectivity index (χ1n) is 4.14. The summed E-state index contributed by atoms with van der Waals surface area (Å²) >= 11 is 5.69. The van der Waals surface area contributed by atoms with Crippen molar-refractivity contribution < 1.29 is 18.3 Å². The topological polar surface area (TPSA) is 71.4 Å². The average Bonchev–Trinajstić information content (AvgIpc) is 2.17. The normalized spacial score (nSPS) is 11.3. The summed E-state index contributed by atoms with van der Waals surface area (Å²) in [5, 5.41) is 8.74. The van der Waals surface area contributed by atoms with Gasteiger partial charge >= 0.3 is 5.97 Å². The lowest BCUT2D eigenvalue weighted by Gasteiger charge is -2.04. The second-order valence-electron chi connectivity index (χ2n) is 2.85. The lowest BCUT2D eigenvalue weighted by atomic mass is 10.2. The van der Waals surface area contributed by atoms with E-state index in [2.05, 4.69) is 0 Å². The first-order chi connectivity index (χ1) is 6.88. The van der Waals surface area contributed by atoms with E-state index in [4.69, 9.17) is 16.7 Å². The fourth-order valence-corrected chi connectivity index (χ4v) is 2.48. The molecule has 0 aliphatic carbocycles. The van der Waals surface area contributed by atoms with Crippen molar-refractivity contribution in [1.29, 1.82) is 0 Å². The van der Waals surface area contributed by atoms with Crippen LogP contribution in [-0.4, -0.2) is 25.2 Å². The summed E-state index contributed by atoms with van der Waals surface area (Å²) in [6.07, 6.45) is 0.